The lowest BCUT2D eigenvalue weighted by Gasteiger charge is -2.18. The van der Waals surface area contributed by atoms with Crippen LogP contribution in [0.4, 0.5) is 0 Å². The number of guanidine groups is 1. The highest BCUT2D eigenvalue weighted by atomic mass is 15.3. The molecule has 2 heterocycles. The van der Waals surface area contributed by atoms with Crippen molar-refractivity contribution in [3.05, 3.63) is 35.9 Å². The second-order valence-electron chi connectivity index (χ2n) is 6.34. The van der Waals surface area contributed by atoms with Gasteiger partial charge in [0.05, 0.1) is 6.54 Å². The third-order valence-corrected chi connectivity index (χ3v) is 3.98. The fourth-order valence-corrected chi connectivity index (χ4v) is 2.92. The molecule has 1 fully saturated rings. The number of fused-ring (bicyclic) bond motifs is 1. The van der Waals surface area contributed by atoms with E-state index in [0.29, 0.717) is 12.0 Å². The molecule has 2 aliphatic rings. The van der Waals surface area contributed by atoms with E-state index in [1.54, 1.807) is 0 Å². The van der Waals surface area contributed by atoms with Gasteiger partial charge in [0, 0.05) is 6.54 Å². The maximum atomic E-state index is 4.64. The quantitative estimate of drug-likeness (QED) is 0.830. The van der Waals surface area contributed by atoms with Gasteiger partial charge < -0.3 is 5.32 Å². The van der Waals surface area contributed by atoms with Crippen LogP contribution in [-0.2, 0) is 6.54 Å². The number of aliphatic imine (C=N–C) groups is 1. The van der Waals surface area contributed by atoms with Crippen molar-refractivity contribution in [1.29, 1.82) is 0 Å². The highest BCUT2D eigenvalue weighted by Crippen LogP contribution is 2.13. The number of nitrogens with zero attached hydrogens (tertiary/aromatic N) is 2. The number of amidine groups is 1. The van der Waals surface area contributed by atoms with Gasteiger partial charge in [0.15, 0.2) is 0 Å². The Morgan fingerprint density at radius 1 is 1.29 bits per heavy atom. The van der Waals surface area contributed by atoms with Gasteiger partial charge in [-0.15, -0.1) is 0 Å². The molecule has 1 unspecified atom stereocenters. The van der Waals surface area contributed by atoms with Crippen molar-refractivity contribution in [3.63, 3.8) is 0 Å². The lowest BCUT2D eigenvalue weighted by molar-refractivity contribution is -0.550. The molecule has 3 rings (SSSR count). The highest BCUT2D eigenvalue weighted by molar-refractivity contribution is 6.07. The molecule has 1 aromatic rings. The number of nitrogens with one attached hydrogen (secondary N) is 2. The standard InChI is InChI=1S/C17H24N4/c1-13(2)11-18-17-19-15-9-6-10-21(16(15)20-17)12-14-7-4-3-5-8-14/h3-5,7-8,13,15H,6,9-12H2,1-2H3,(H,18,19)/p+1. The van der Waals surface area contributed by atoms with Gasteiger partial charge in [-0.2, -0.15) is 0 Å². The van der Waals surface area contributed by atoms with E-state index in [4.69, 9.17) is 0 Å². The summed E-state index contributed by atoms with van der Waals surface area (Å²) in [7, 11) is 0. The van der Waals surface area contributed by atoms with Crippen molar-refractivity contribution >= 4 is 11.8 Å². The molecule has 0 radical (unpaired) electrons. The Morgan fingerprint density at radius 2 is 2.10 bits per heavy atom. The number of hydrogen-bond donors (Lipinski definition) is 2. The minimum atomic E-state index is 0.411. The van der Waals surface area contributed by atoms with E-state index in [0.717, 1.165) is 25.6 Å². The zero-order chi connectivity index (χ0) is 14.7. The molecule has 4 heteroatoms. The molecular weight excluding hydrogens is 260 g/mol. The first-order valence-electron chi connectivity index (χ1n) is 7.96. The average molecular weight is 285 g/mol. The van der Waals surface area contributed by atoms with Crippen LogP contribution < -0.4 is 10.6 Å². The SMILES string of the molecule is CC(C)CN=C1NC2=[N+](Cc3ccccc3)CCCC2N1. The summed E-state index contributed by atoms with van der Waals surface area (Å²) in [5.74, 6) is 2.84. The van der Waals surface area contributed by atoms with Crippen LogP contribution in [0, 0.1) is 5.92 Å². The van der Waals surface area contributed by atoms with Crippen LogP contribution in [0.15, 0.2) is 35.3 Å². The van der Waals surface area contributed by atoms with Gasteiger partial charge in [0.25, 0.3) is 11.8 Å². The first kappa shape index (κ1) is 14.1. The second kappa shape index (κ2) is 6.29. The van der Waals surface area contributed by atoms with Crippen LogP contribution in [0.1, 0.15) is 32.3 Å². The Hall–Kier alpha value is -1.84. The van der Waals surface area contributed by atoms with Crippen LogP contribution in [-0.4, -0.2) is 35.5 Å². The van der Waals surface area contributed by atoms with Crippen molar-refractivity contribution in [2.45, 2.75) is 39.3 Å². The Balaban J connectivity index is 1.76. The maximum Gasteiger partial charge on any atom is 0.288 e. The van der Waals surface area contributed by atoms with Gasteiger partial charge >= 0.3 is 0 Å². The van der Waals surface area contributed by atoms with Gasteiger partial charge in [0.2, 0.25) is 0 Å². The summed E-state index contributed by atoms with van der Waals surface area (Å²) < 4.78 is 2.45. The molecule has 112 valence electrons. The maximum absolute atomic E-state index is 4.64. The van der Waals surface area contributed by atoms with Crippen molar-refractivity contribution in [2.75, 3.05) is 13.1 Å². The molecule has 2 aliphatic heterocycles. The Morgan fingerprint density at radius 3 is 2.86 bits per heavy atom. The highest BCUT2D eigenvalue weighted by Gasteiger charge is 2.37. The minimum Gasteiger partial charge on any atom is -0.322 e. The Kier molecular flexibility index (Phi) is 4.23. The topological polar surface area (TPSA) is 39.4 Å². The van der Waals surface area contributed by atoms with Gasteiger partial charge in [-0.3, -0.25) is 4.58 Å². The molecular formula is C17H25N4+. The van der Waals surface area contributed by atoms with E-state index in [2.05, 4.69) is 64.4 Å². The number of rotatable bonds is 4. The molecule has 1 atom stereocenters. The molecule has 2 N–H and O–H groups in total. The van der Waals surface area contributed by atoms with Crippen LogP contribution in [0.5, 0.6) is 0 Å². The molecule has 1 aromatic carbocycles. The Bertz CT molecular complexity index is 545. The monoisotopic (exact) mass is 285 g/mol. The Labute approximate surface area is 127 Å². The van der Waals surface area contributed by atoms with Gasteiger partial charge in [0.1, 0.15) is 12.6 Å². The lowest BCUT2D eigenvalue weighted by atomic mass is 10.1. The fraction of sp³-hybridized carbons (Fsp3) is 0.529. The third kappa shape index (κ3) is 3.43. The fourth-order valence-electron chi connectivity index (χ4n) is 2.92. The summed E-state index contributed by atoms with van der Waals surface area (Å²) in [6.07, 6.45) is 2.42. The largest absolute Gasteiger partial charge is 0.322 e. The van der Waals surface area contributed by atoms with Crippen LogP contribution in [0.3, 0.4) is 0 Å². The van der Waals surface area contributed by atoms with Gasteiger partial charge in [-0.25, -0.2) is 10.3 Å². The van der Waals surface area contributed by atoms with E-state index < -0.39 is 0 Å². The van der Waals surface area contributed by atoms with Crippen molar-refractivity contribution in [1.82, 2.24) is 10.6 Å². The zero-order valence-electron chi connectivity index (χ0n) is 13.0. The molecule has 4 nitrogen and oxygen atoms in total. The summed E-state index contributed by atoms with van der Waals surface area (Å²) >= 11 is 0. The normalized spacial score (nSPS) is 23.2. The summed E-state index contributed by atoms with van der Waals surface area (Å²) in [6, 6.07) is 11.1. The summed E-state index contributed by atoms with van der Waals surface area (Å²) in [6.45, 7) is 7.35. The second-order valence-corrected chi connectivity index (χ2v) is 6.34. The van der Waals surface area contributed by atoms with Crippen molar-refractivity contribution in [2.24, 2.45) is 10.9 Å². The van der Waals surface area contributed by atoms with E-state index >= 15 is 0 Å². The molecule has 0 aliphatic carbocycles. The van der Waals surface area contributed by atoms with Crippen LogP contribution in [0.2, 0.25) is 0 Å². The predicted octanol–water partition coefficient (Wildman–Crippen LogP) is 1.96. The van der Waals surface area contributed by atoms with Gasteiger partial charge in [-0.05, 0) is 24.3 Å². The van der Waals surface area contributed by atoms with Gasteiger partial charge in [-0.1, -0.05) is 44.2 Å². The minimum absolute atomic E-state index is 0.411. The molecule has 0 saturated carbocycles. The van der Waals surface area contributed by atoms with E-state index in [1.165, 1.54) is 24.2 Å². The van der Waals surface area contributed by atoms with Crippen molar-refractivity contribution < 1.29 is 4.58 Å². The summed E-state index contributed by atoms with van der Waals surface area (Å²) in [4.78, 5) is 4.64. The van der Waals surface area contributed by atoms with Crippen LogP contribution in [0.25, 0.3) is 0 Å². The third-order valence-electron chi connectivity index (χ3n) is 3.98. The number of hydrogen-bond acceptors (Lipinski definition) is 1. The van der Waals surface area contributed by atoms with E-state index in [9.17, 15) is 0 Å². The summed E-state index contributed by atoms with van der Waals surface area (Å²) in [5, 5.41) is 7.02. The first-order valence-corrected chi connectivity index (χ1v) is 7.96. The molecule has 0 amide bonds. The zero-order valence-corrected chi connectivity index (χ0v) is 13.0. The first-order chi connectivity index (χ1) is 10.2. The van der Waals surface area contributed by atoms with Crippen molar-refractivity contribution in [3.8, 4) is 0 Å². The smallest absolute Gasteiger partial charge is 0.288 e. The summed E-state index contributed by atoms with van der Waals surface area (Å²) in [5.41, 5.74) is 1.36. The number of benzene rings is 1. The lowest BCUT2D eigenvalue weighted by Crippen LogP contribution is -2.41. The predicted molar refractivity (Wildman–Crippen MR) is 86.7 cm³/mol. The van der Waals surface area contributed by atoms with E-state index in [1.807, 2.05) is 0 Å². The average Bonchev–Trinajstić information content (AvgIpc) is 2.90. The molecule has 0 aromatic heterocycles. The molecule has 21 heavy (non-hydrogen) atoms. The van der Waals surface area contributed by atoms with E-state index in [-0.39, 0.29) is 0 Å². The molecule has 0 spiro atoms. The van der Waals surface area contributed by atoms with Crippen LogP contribution >= 0.6 is 0 Å². The molecule has 1 saturated heterocycles. The molecule has 0 bridgehead atoms.